The van der Waals surface area contributed by atoms with Crippen molar-refractivity contribution >= 4 is 46.0 Å². The Morgan fingerprint density at radius 1 is 1.35 bits per heavy atom. The van der Waals surface area contributed by atoms with Gasteiger partial charge in [-0.2, -0.15) is 0 Å². The van der Waals surface area contributed by atoms with E-state index in [-0.39, 0.29) is 18.4 Å². The molecule has 20 heavy (non-hydrogen) atoms. The Balaban J connectivity index is 2.00. The lowest BCUT2D eigenvalue weighted by Gasteiger charge is -2.21. The van der Waals surface area contributed by atoms with E-state index in [1.165, 1.54) is 4.90 Å². The number of carbonyl (C=O) groups is 2. The first-order chi connectivity index (χ1) is 9.49. The van der Waals surface area contributed by atoms with Crippen molar-refractivity contribution in [2.24, 2.45) is 0 Å². The van der Waals surface area contributed by atoms with Crippen molar-refractivity contribution in [1.82, 2.24) is 9.80 Å². The van der Waals surface area contributed by atoms with Crippen molar-refractivity contribution in [3.63, 3.8) is 0 Å². The normalized spacial score (nSPS) is 14.4. The molecule has 0 spiro atoms. The monoisotopic (exact) mass is 406 g/mol. The molecule has 2 amide bonds. The van der Waals surface area contributed by atoms with Gasteiger partial charge in [-0.15, -0.1) is 0 Å². The van der Waals surface area contributed by atoms with E-state index in [9.17, 15) is 9.59 Å². The van der Waals surface area contributed by atoms with Crippen LogP contribution in [0.15, 0.2) is 18.2 Å². The first-order valence-corrected chi connectivity index (χ1v) is 7.93. The molecule has 0 unspecified atom stereocenters. The average molecular weight is 407 g/mol. The molecule has 1 aromatic carbocycles. The molecule has 1 heterocycles. The molecule has 1 fully saturated rings. The second-order valence-corrected chi connectivity index (χ2v) is 6.45. The Hall–Kier alpha value is -0.820. The van der Waals surface area contributed by atoms with Crippen LogP contribution in [0.5, 0.6) is 0 Å². The summed E-state index contributed by atoms with van der Waals surface area (Å²) in [6.45, 7) is 1.72. The van der Waals surface area contributed by atoms with Gasteiger partial charge in [0.1, 0.15) is 0 Å². The molecular weight excluding hydrogens is 391 g/mol. The zero-order valence-corrected chi connectivity index (χ0v) is 14.1. The van der Waals surface area contributed by atoms with Crippen molar-refractivity contribution < 1.29 is 9.59 Å². The second-order valence-electron chi connectivity index (χ2n) is 4.88. The van der Waals surface area contributed by atoms with Gasteiger partial charge in [0.2, 0.25) is 5.91 Å². The zero-order valence-electron chi connectivity index (χ0n) is 11.2. The number of likely N-dealkylation sites (tertiary alicyclic amines) is 1. The molecule has 1 aromatic rings. The predicted octanol–water partition coefficient (Wildman–Crippen LogP) is 2.64. The summed E-state index contributed by atoms with van der Waals surface area (Å²) in [5, 5.41) is 0.552. The van der Waals surface area contributed by atoms with E-state index >= 15 is 0 Å². The van der Waals surface area contributed by atoms with E-state index in [0.29, 0.717) is 10.6 Å². The maximum absolute atomic E-state index is 12.3. The number of rotatable bonds is 3. The molecule has 0 saturated carbocycles. The molecule has 2 rings (SSSR count). The standard InChI is InChI=1S/C14H16ClIN2O2/c1-17(9-13(19)18-6-2-3-7-18)14(20)10-4-5-12(16)11(15)8-10/h4-5,8H,2-3,6-7,9H2,1H3. The molecule has 6 heteroatoms. The number of halogens is 2. The molecule has 0 bridgehead atoms. The molecule has 0 atom stereocenters. The van der Waals surface area contributed by atoms with Crippen LogP contribution in [0.1, 0.15) is 23.2 Å². The van der Waals surface area contributed by atoms with Gasteiger partial charge in [-0.3, -0.25) is 9.59 Å². The number of amides is 2. The Kier molecular flexibility index (Phi) is 5.26. The first kappa shape index (κ1) is 15.6. The van der Waals surface area contributed by atoms with Crippen molar-refractivity contribution in [2.75, 3.05) is 26.7 Å². The van der Waals surface area contributed by atoms with Crippen LogP contribution >= 0.6 is 34.2 Å². The van der Waals surface area contributed by atoms with E-state index in [2.05, 4.69) is 22.6 Å². The van der Waals surface area contributed by atoms with Crippen LogP contribution in [-0.2, 0) is 4.79 Å². The zero-order chi connectivity index (χ0) is 14.7. The minimum atomic E-state index is -0.184. The van der Waals surface area contributed by atoms with Crippen molar-refractivity contribution in [3.05, 3.63) is 32.4 Å². The molecule has 1 saturated heterocycles. The first-order valence-electron chi connectivity index (χ1n) is 6.47. The Morgan fingerprint density at radius 2 is 2.00 bits per heavy atom. The van der Waals surface area contributed by atoms with Gasteiger partial charge in [-0.25, -0.2) is 0 Å². The maximum Gasteiger partial charge on any atom is 0.254 e. The maximum atomic E-state index is 12.3. The summed E-state index contributed by atoms with van der Waals surface area (Å²) in [4.78, 5) is 27.5. The average Bonchev–Trinajstić information content (AvgIpc) is 2.95. The topological polar surface area (TPSA) is 40.6 Å². The molecule has 1 aliphatic heterocycles. The lowest BCUT2D eigenvalue weighted by atomic mass is 10.2. The summed E-state index contributed by atoms with van der Waals surface area (Å²) in [5.74, 6) is -0.175. The van der Waals surface area contributed by atoms with Crippen LogP contribution in [0.3, 0.4) is 0 Å². The van der Waals surface area contributed by atoms with Crippen LogP contribution < -0.4 is 0 Å². The molecule has 0 radical (unpaired) electrons. The molecule has 0 N–H and O–H groups in total. The van der Waals surface area contributed by atoms with E-state index in [4.69, 9.17) is 11.6 Å². The number of carbonyl (C=O) groups excluding carboxylic acids is 2. The van der Waals surface area contributed by atoms with Gasteiger partial charge in [0, 0.05) is 29.3 Å². The molecule has 1 aliphatic rings. The quantitative estimate of drug-likeness (QED) is 0.724. The van der Waals surface area contributed by atoms with Gasteiger partial charge in [0.05, 0.1) is 11.6 Å². The third-order valence-corrected chi connectivity index (χ3v) is 4.92. The van der Waals surface area contributed by atoms with Crippen molar-refractivity contribution in [2.45, 2.75) is 12.8 Å². The van der Waals surface area contributed by atoms with E-state index in [1.54, 1.807) is 25.2 Å². The van der Waals surface area contributed by atoms with Crippen molar-refractivity contribution in [3.8, 4) is 0 Å². The van der Waals surface area contributed by atoms with Crippen molar-refractivity contribution in [1.29, 1.82) is 0 Å². The van der Waals surface area contributed by atoms with Gasteiger partial charge in [0.15, 0.2) is 0 Å². The van der Waals surface area contributed by atoms with E-state index in [1.807, 2.05) is 4.90 Å². The predicted molar refractivity (Wildman–Crippen MR) is 86.9 cm³/mol. The van der Waals surface area contributed by atoms with Crippen LogP contribution in [0.4, 0.5) is 0 Å². The van der Waals surface area contributed by atoms with Gasteiger partial charge >= 0.3 is 0 Å². The number of nitrogens with zero attached hydrogens (tertiary/aromatic N) is 2. The van der Waals surface area contributed by atoms with Crippen LogP contribution in [-0.4, -0.2) is 48.3 Å². The highest BCUT2D eigenvalue weighted by atomic mass is 127. The van der Waals surface area contributed by atoms with Gasteiger partial charge < -0.3 is 9.80 Å². The fourth-order valence-electron chi connectivity index (χ4n) is 2.19. The summed E-state index contributed by atoms with van der Waals surface area (Å²) in [6.07, 6.45) is 2.10. The number of likely N-dealkylation sites (N-methyl/N-ethyl adjacent to an activating group) is 1. The smallest absolute Gasteiger partial charge is 0.254 e. The largest absolute Gasteiger partial charge is 0.341 e. The number of hydrogen-bond acceptors (Lipinski definition) is 2. The van der Waals surface area contributed by atoms with Gasteiger partial charge in [0.25, 0.3) is 5.91 Å². The number of benzene rings is 1. The lowest BCUT2D eigenvalue weighted by molar-refractivity contribution is -0.130. The Labute approximate surface area is 137 Å². The summed E-state index contributed by atoms with van der Waals surface area (Å²) in [7, 11) is 1.64. The van der Waals surface area contributed by atoms with Gasteiger partial charge in [-0.1, -0.05) is 11.6 Å². The second kappa shape index (κ2) is 6.76. The molecule has 108 valence electrons. The SMILES string of the molecule is CN(CC(=O)N1CCCC1)C(=O)c1ccc(I)c(Cl)c1. The molecule has 4 nitrogen and oxygen atoms in total. The highest BCUT2D eigenvalue weighted by Gasteiger charge is 2.21. The lowest BCUT2D eigenvalue weighted by Crippen LogP contribution is -2.39. The molecule has 0 aliphatic carbocycles. The van der Waals surface area contributed by atoms with Gasteiger partial charge in [-0.05, 0) is 53.6 Å². The van der Waals surface area contributed by atoms with E-state index < -0.39 is 0 Å². The summed E-state index contributed by atoms with van der Waals surface area (Å²) in [5.41, 5.74) is 0.507. The fraction of sp³-hybridized carbons (Fsp3) is 0.429. The van der Waals surface area contributed by atoms with E-state index in [0.717, 1.165) is 29.5 Å². The summed E-state index contributed by atoms with van der Waals surface area (Å²) < 4.78 is 0.900. The number of hydrogen-bond donors (Lipinski definition) is 0. The molecule has 0 aromatic heterocycles. The highest BCUT2D eigenvalue weighted by Crippen LogP contribution is 2.20. The Morgan fingerprint density at radius 3 is 2.60 bits per heavy atom. The summed E-state index contributed by atoms with van der Waals surface area (Å²) >= 11 is 8.13. The molecular formula is C14H16ClIN2O2. The van der Waals surface area contributed by atoms with Crippen LogP contribution in [0, 0.1) is 3.57 Å². The highest BCUT2D eigenvalue weighted by molar-refractivity contribution is 14.1. The fourth-order valence-corrected chi connectivity index (χ4v) is 2.71. The third kappa shape index (κ3) is 3.63. The summed E-state index contributed by atoms with van der Waals surface area (Å²) in [6, 6.07) is 5.17. The third-order valence-electron chi connectivity index (χ3n) is 3.34. The Bertz CT molecular complexity index is 530. The minimum absolute atomic E-state index is 0.00922. The van der Waals surface area contributed by atoms with Crippen LogP contribution in [0.2, 0.25) is 5.02 Å². The van der Waals surface area contributed by atoms with Crippen LogP contribution in [0.25, 0.3) is 0 Å². The minimum Gasteiger partial charge on any atom is -0.341 e.